The average Bonchev–Trinajstić information content (AvgIpc) is 3.20. The minimum atomic E-state index is -4.42. The Morgan fingerprint density at radius 2 is 1.51 bits per heavy atom. The van der Waals surface area contributed by atoms with Crippen LogP contribution in [0.5, 0.6) is 5.75 Å². The molecule has 0 saturated carbocycles. The summed E-state index contributed by atoms with van der Waals surface area (Å²) in [6.45, 7) is 9.18. The number of nitrogens with zero attached hydrogens (tertiary/aromatic N) is 2. The Morgan fingerprint density at radius 3 is 2.15 bits per heavy atom. The zero-order chi connectivity index (χ0) is 28.0. The lowest BCUT2D eigenvalue weighted by Gasteiger charge is -2.37. The van der Waals surface area contributed by atoms with Crippen LogP contribution in [0, 0.1) is 0 Å². The Morgan fingerprint density at radius 1 is 0.821 bits per heavy atom. The quantitative estimate of drug-likeness (QED) is 0.181. The van der Waals surface area contributed by atoms with Crippen LogP contribution in [0.2, 0.25) is 0 Å². The van der Waals surface area contributed by atoms with Crippen LogP contribution in [0.3, 0.4) is 0 Å². The highest BCUT2D eigenvalue weighted by molar-refractivity contribution is 9.10. The number of aryl methyl sites for hydroxylation is 1. The molecule has 5 aromatic rings. The smallest absolute Gasteiger partial charge is 0.416 e. The first-order chi connectivity index (χ1) is 18.4. The fourth-order valence-corrected chi connectivity index (χ4v) is 8.38. The molecular weight excluding hydrogens is 584 g/mol. The minimum Gasteiger partial charge on any atom is -0.455 e. The average molecular weight is 613 g/mol. The van der Waals surface area contributed by atoms with Gasteiger partial charge in [0.2, 0.25) is 0 Å². The molecule has 0 radical (unpaired) electrons. The number of aromatic nitrogens is 1. The van der Waals surface area contributed by atoms with Gasteiger partial charge in [0.15, 0.2) is 7.28 Å². The first-order valence-corrected chi connectivity index (χ1v) is 15.1. The number of fused-ring (bicyclic) bond motifs is 3. The van der Waals surface area contributed by atoms with Crippen molar-refractivity contribution in [1.82, 2.24) is 4.57 Å². The highest BCUT2D eigenvalue weighted by Crippen LogP contribution is 2.62. The van der Waals surface area contributed by atoms with Crippen molar-refractivity contribution in [3.63, 3.8) is 0 Å². The summed E-state index contributed by atoms with van der Waals surface area (Å²) < 4.78 is 55.1. The van der Waals surface area contributed by atoms with E-state index in [2.05, 4.69) is 78.5 Å². The van der Waals surface area contributed by atoms with Gasteiger partial charge in [0.25, 0.3) is 0 Å². The fourth-order valence-electron chi connectivity index (χ4n) is 4.93. The molecule has 39 heavy (non-hydrogen) atoms. The predicted octanol–water partition coefficient (Wildman–Crippen LogP) is 10.5. The molecule has 1 aromatic heterocycles. The second kappa shape index (κ2) is 10.2. The Labute approximate surface area is 234 Å². The van der Waals surface area contributed by atoms with E-state index in [0.717, 1.165) is 50.3 Å². The second-order valence-electron chi connectivity index (χ2n) is 10.4. The second-order valence-corrected chi connectivity index (χ2v) is 14.7. The van der Waals surface area contributed by atoms with Crippen molar-refractivity contribution in [3.8, 4) is 5.75 Å². The SMILES string of the molecule is CCn1c2ccccc2c2cc([P@](=Nc3ccc(C(F)(F)F)cc3)(Oc3cccc(Br)c3)C(C)(C)C)ccc21. The summed E-state index contributed by atoms with van der Waals surface area (Å²) in [6.07, 6.45) is -4.42. The molecule has 202 valence electrons. The molecule has 1 atom stereocenters. The van der Waals surface area contributed by atoms with E-state index < -0.39 is 24.2 Å². The summed E-state index contributed by atoms with van der Waals surface area (Å²) in [6, 6.07) is 27.2. The first-order valence-electron chi connectivity index (χ1n) is 12.7. The van der Waals surface area contributed by atoms with Gasteiger partial charge in [-0.1, -0.05) is 61.0 Å². The van der Waals surface area contributed by atoms with Gasteiger partial charge in [0.05, 0.1) is 11.3 Å². The van der Waals surface area contributed by atoms with Gasteiger partial charge >= 0.3 is 6.18 Å². The number of hydrogen-bond donors (Lipinski definition) is 0. The first kappa shape index (κ1) is 27.5. The topological polar surface area (TPSA) is 26.5 Å². The highest BCUT2D eigenvalue weighted by atomic mass is 79.9. The van der Waals surface area contributed by atoms with Crippen molar-refractivity contribution >= 4 is 56.0 Å². The summed E-state index contributed by atoms with van der Waals surface area (Å²) in [5.41, 5.74) is 2.01. The van der Waals surface area contributed by atoms with Gasteiger partial charge in [-0.15, -0.1) is 0 Å². The van der Waals surface area contributed by atoms with Crippen LogP contribution < -0.4 is 9.83 Å². The van der Waals surface area contributed by atoms with Gasteiger partial charge in [0.1, 0.15) is 5.75 Å². The van der Waals surface area contributed by atoms with E-state index >= 15 is 0 Å². The molecule has 0 aliphatic rings. The summed E-state index contributed by atoms with van der Waals surface area (Å²) in [5, 5.41) is 2.66. The number of halogens is 4. The molecule has 0 N–H and O–H groups in total. The molecule has 4 aromatic carbocycles. The Hall–Kier alpha value is -3.02. The third kappa shape index (κ3) is 5.15. The van der Waals surface area contributed by atoms with Crippen molar-refractivity contribution in [2.45, 2.75) is 45.6 Å². The summed E-state index contributed by atoms with van der Waals surface area (Å²) in [5.74, 6) is 0.638. The number of rotatable bonds is 5. The number of benzene rings is 4. The lowest BCUT2D eigenvalue weighted by Crippen LogP contribution is -2.27. The van der Waals surface area contributed by atoms with Crippen LogP contribution in [0.4, 0.5) is 18.9 Å². The molecule has 0 saturated heterocycles. The van der Waals surface area contributed by atoms with Crippen LogP contribution >= 0.6 is 23.2 Å². The maximum atomic E-state index is 13.3. The van der Waals surface area contributed by atoms with Crippen molar-refractivity contribution in [2.24, 2.45) is 4.74 Å². The minimum absolute atomic E-state index is 0.442. The van der Waals surface area contributed by atoms with Crippen molar-refractivity contribution in [2.75, 3.05) is 0 Å². The van der Waals surface area contributed by atoms with E-state index in [1.54, 1.807) is 0 Å². The largest absolute Gasteiger partial charge is 0.455 e. The highest BCUT2D eigenvalue weighted by Gasteiger charge is 2.39. The summed E-state index contributed by atoms with van der Waals surface area (Å²) in [7, 11) is -2.92. The normalized spacial score (nSPS) is 13.9. The maximum absolute atomic E-state index is 13.3. The number of para-hydroxylation sites is 1. The molecular formula is C31H29BrF3N2OP. The van der Waals surface area contributed by atoms with E-state index in [9.17, 15) is 13.2 Å². The number of hydrogen-bond acceptors (Lipinski definition) is 2. The van der Waals surface area contributed by atoms with Crippen LogP contribution in [0.1, 0.15) is 33.3 Å². The molecule has 8 heteroatoms. The summed E-state index contributed by atoms with van der Waals surface area (Å²) >= 11 is 3.53. The van der Waals surface area contributed by atoms with E-state index in [4.69, 9.17) is 9.27 Å². The van der Waals surface area contributed by atoms with Gasteiger partial charge in [-0.3, -0.25) is 0 Å². The standard InChI is InChI=1S/C31H29BrF3N2OP/c1-5-37-28-12-7-6-11-26(28)27-20-25(17-18-29(27)37)39(30(2,3)4,38-24-10-8-9-22(32)19-24)36-23-15-13-21(14-16-23)31(33,34)35/h6-20H,5H2,1-4H3/t39-/m0/s1. The Bertz CT molecular complexity index is 1720. The zero-order valence-electron chi connectivity index (χ0n) is 22.1. The third-order valence-corrected chi connectivity index (χ3v) is 11.1. The molecule has 1 heterocycles. The van der Waals surface area contributed by atoms with E-state index in [0.29, 0.717) is 11.4 Å². The van der Waals surface area contributed by atoms with Crippen molar-refractivity contribution < 1.29 is 17.7 Å². The van der Waals surface area contributed by atoms with Gasteiger partial charge in [-0.2, -0.15) is 13.2 Å². The lowest BCUT2D eigenvalue weighted by molar-refractivity contribution is -0.137. The van der Waals surface area contributed by atoms with Gasteiger partial charge in [0, 0.05) is 43.3 Å². The van der Waals surface area contributed by atoms with Crippen molar-refractivity contribution in [1.29, 1.82) is 0 Å². The van der Waals surface area contributed by atoms with Gasteiger partial charge in [-0.25, -0.2) is 4.74 Å². The molecule has 3 nitrogen and oxygen atoms in total. The van der Waals surface area contributed by atoms with E-state index in [1.165, 1.54) is 12.1 Å². The van der Waals surface area contributed by atoms with E-state index in [-0.39, 0.29) is 0 Å². The molecule has 0 bridgehead atoms. The Balaban J connectivity index is 1.81. The summed E-state index contributed by atoms with van der Waals surface area (Å²) in [4.78, 5) is 0. The van der Waals surface area contributed by atoms with Crippen LogP contribution in [-0.4, -0.2) is 9.72 Å². The molecule has 0 aliphatic heterocycles. The maximum Gasteiger partial charge on any atom is 0.416 e. The Kier molecular flexibility index (Phi) is 7.19. The molecule has 0 unspecified atom stereocenters. The van der Waals surface area contributed by atoms with Crippen LogP contribution in [0.15, 0.2) is 100 Å². The zero-order valence-corrected chi connectivity index (χ0v) is 24.6. The molecule has 0 fully saturated rings. The van der Waals surface area contributed by atoms with E-state index in [1.807, 2.05) is 36.4 Å². The predicted molar refractivity (Wildman–Crippen MR) is 160 cm³/mol. The van der Waals surface area contributed by atoms with Crippen molar-refractivity contribution in [3.05, 3.63) is 101 Å². The van der Waals surface area contributed by atoms with Crippen LogP contribution in [0.25, 0.3) is 21.8 Å². The number of alkyl halides is 3. The van der Waals surface area contributed by atoms with Gasteiger partial charge in [-0.05, 0) is 73.7 Å². The lowest BCUT2D eigenvalue weighted by atomic mass is 10.1. The van der Waals surface area contributed by atoms with Gasteiger partial charge < -0.3 is 9.09 Å². The monoisotopic (exact) mass is 612 g/mol. The molecule has 5 rings (SSSR count). The molecule has 0 spiro atoms. The molecule has 0 aliphatic carbocycles. The third-order valence-electron chi connectivity index (χ3n) is 6.82. The fraction of sp³-hybridized carbons (Fsp3) is 0.226. The molecule has 0 amide bonds. The van der Waals surface area contributed by atoms with Crippen LogP contribution in [-0.2, 0) is 12.7 Å².